The first-order valence-electron chi connectivity index (χ1n) is 5.97. The Balaban J connectivity index is 3.06. The Kier molecular flexibility index (Phi) is 4.87. The van der Waals surface area contributed by atoms with Crippen LogP contribution in [0.3, 0.4) is 0 Å². The Labute approximate surface area is 108 Å². The molecule has 0 radical (unpaired) electrons. The molecular weight excluding hydrogens is 230 g/mol. The molecule has 4 heteroatoms. The maximum atomic E-state index is 11.5. The van der Waals surface area contributed by atoms with E-state index in [0.717, 1.165) is 16.7 Å². The van der Waals surface area contributed by atoms with Gasteiger partial charge in [0, 0.05) is 13.7 Å². The quantitative estimate of drug-likeness (QED) is 0.757. The van der Waals surface area contributed by atoms with Gasteiger partial charge in [0.2, 0.25) is 0 Å². The third-order valence-electron chi connectivity index (χ3n) is 3.13. The van der Waals surface area contributed by atoms with E-state index in [2.05, 4.69) is 5.32 Å². The largest absolute Gasteiger partial charge is 0.480 e. The minimum absolute atomic E-state index is 0.480. The van der Waals surface area contributed by atoms with E-state index in [0.29, 0.717) is 13.2 Å². The van der Waals surface area contributed by atoms with Gasteiger partial charge in [0.05, 0.1) is 6.61 Å². The van der Waals surface area contributed by atoms with E-state index in [1.165, 1.54) is 0 Å². The van der Waals surface area contributed by atoms with Crippen molar-refractivity contribution in [1.29, 1.82) is 0 Å². The van der Waals surface area contributed by atoms with Crippen molar-refractivity contribution >= 4 is 5.97 Å². The van der Waals surface area contributed by atoms with Crippen LogP contribution in [0, 0.1) is 13.8 Å². The van der Waals surface area contributed by atoms with Gasteiger partial charge < -0.3 is 9.84 Å². The lowest BCUT2D eigenvalue weighted by Gasteiger charge is -2.28. The summed E-state index contributed by atoms with van der Waals surface area (Å²) in [6.45, 7) is 6.58. The molecule has 0 saturated carbocycles. The van der Waals surface area contributed by atoms with Crippen molar-refractivity contribution in [2.75, 3.05) is 20.3 Å². The van der Waals surface area contributed by atoms with Crippen molar-refractivity contribution in [3.63, 3.8) is 0 Å². The van der Waals surface area contributed by atoms with E-state index in [-0.39, 0.29) is 0 Å². The van der Waals surface area contributed by atoms with Gasteiger partial charge in [-0.05, 0) is 31.9 Å². The van der Waals surface area contributed by atoms with Crippen molar-refractivity contribution in [3.05, 3.63) is 34.9 Å². The van der Waals surface area contributed by atoms with Crippen LogP contribution in [0.1, 0.15) is 23.6 Å². The van der Waals surface area contributed by atoms with Crippen LogP contribution < -0.4 is 5.32 Å². The number of carboxylic acid groups (broad SMARTS) is 1. The average molecular weight is 251 g/mol. The fourth-order valence-electron chi connectivity index (χ4n) is 2.06. The summed E-state index contributed by atoms with van der Waals surface area (Å²) in [7, 11) is 1.59. The first-order chi connectivity index (χ1) is 8.41. The first kappa shape index (κ1) is 14.7. The SMILES string of the molecule is COCCNC(C)(C(=O)O)c1ccc(C)cc1C. The lowest BCUT2D eigenvalue weighted by Crippen LogP contribution is -2.48. The molecule has 1 atom stereocenters. The summed E-state index contributed by atoms with van der Waals surface area (Å²) in [5, 5.41) is 12.5. The summed E-state index contributed by atoms with van der Waals surface area (Å²) in [6.07, 6.45) is 0. The van der Waals surface area contributed by atoms with E-state index >= 15 is 0 Å². The minimum Gasteiger partial charge on any atom is -0.480 e. The van der Waals surface area contributed by atoms with Crippen molar-refractivity contribution in [2.24, 2.45) is 0 Å². The molecule has 0 saturated heterocycles. The fourth-order valence-corrected chi connectivity index (χ4v) is 2.06. The third kappa shape index (κ3) is 3.09. The Morgan fingerprint density at radius 1 is 1.44 bits per heavy atom. The maximum absolute atomic E-state index is 11.5. The number of carbonyl (C=O) groups is 1. The second-order valence-electron chi connectivity index (χ2n) is 4.67. The average Bonchev–Trinajstić information content (AvgIpc) is 2.28. The molecule has 4 nitrogen and oxygen atoms in total. The molecule has 1 aromatic carbocycles. The number of aliphatic carboxylic acids is 1. The number of carboxylic acids is 1. The van der Waals surface area contributed by atoms with Gasteiger partial charge in [-0.1, -0.05) is 23.8 Å². The summed E-state index contributed by atoms with van der Waals surface area (Å²) < 4.78 is 4.95. The second-order valence-corrected chi connectivity index (χ2v) is 4.67. The predicted octanol–water partition coefficient (Wildman–Crippen LogP) is 1.84. The molecule has 0 aliphatic carbocycles. The zero-order chi connectivity index (χ0) is 13.8. The fraction of sp³-hybridized carbons (Fsp3) is 0.500. The highest BCUT2D eigenvalue weighted by Gasteiger charge is 2.35. The molecular formula is C14H21NO3. The van der Waals surface area contributed by atoms with E-state index in [9.17, 15) is 9.90 Å². The molecule has 0 fully saturated rings. The molecule has 0 bridgehead atoms. The second kappa shape index (κ2) is 5.98. The van der Waals surface area contributed by atoms with Crippen molar-refractivity contribution in [2.45, 2.75) is 26.3 Å². The van der Waals surface area contributed by atoms with Crippen molar-refractivity contribution in [1.82, 2.24) is 5.32 Å². The number of rotatable bonds is 6. The zero-order valence-corrected chi connectivity index (χ0v) is 11.4. The van der Waals surface area contributed by atoms with Crippen molar-refractivity contribution in [3.8, 4) is 0 Å². The van der Waals surface area contributed by atoms with Gasteiger partial charge in [-0.25, -0.2) is 4.79 Å². The lowest BCUT2D eigenvalue weighted by molar-refractivity contribution is -0.144. The first-order valence-corrected chi connectivity index (χ1v) is 5.97. The van der Waals surface area contributed by atoms with Crippen LogP contribution in [0.2, 0.25) is 0 Å². The Bertz CT molecular complexity index is 431. The number of ether oxygens (including phenoxy) is 1. The van der Waals surface area contributed by atoms with E-state index in [4.69, 9.17) is 4.74 Å². The topological polar surface area (TPSA) is 58.6 Å². The number of benzene rings is 1. The molecule has 0 aromatic heterocycles. The molecule has 0 amide bonds. The molecule has 0 aliphatic rings. The normalized spacial score (nSPS) is 14.2. The van der Waals surface area contributed by atoms with E-state index < -0.39 is 11.5 Å². The molecule has 1 unspecified atom stereocenters. The summed E-state index contributed by atoms with van der Waals surface area (Å²) in [6, 6.07) is 5.80. The molecule has 1 aromatic rings. The third-order valence-corrected chi connectivity index (χ3v) is 3.13. The summed E-state index contributed by atoms with van der Waals surface area (Å²) in [4.78, 5) is 11.5. The van der Waals surface area contributed by atoms with Gasteiger partial charge in [0.15, 0.2) is 0 Å². The highest BCUT2D eigenvalue weighted by molar-refractivity contribution is 5.80. The monoisotopic (exact) mass is 251 g/mol. The number of methoxy groups -OCH3 is 1. The van der Waals surface area contributed by atoms with Crippen LogP contribution >= 0.6 is 0 Å². The lowest BCUT2D eigenvalue weighted by atomic mass is 9.87. The Hall–Kier alpha value is -1.39. The smallest absolute Gasteiger partial charge is 0.328 e. The van der Waals surface area contributed by atoms with Crippen LogP contribution in [0.4, 0.5) is 0 Å². The molecule has 0 spiro atoms. The Morgan fingerprint density at radius 3 is 2.61 bits per heavy atom. The molecule has 100 valence electrons. The van der Waals surface area contributed by atoms with Gasteiger partial charge in [-0.3, -0.25) is 5.32 Å². The van der Waals surface area contributed by atoms with Gasteiger partial charge in [0.1, 0.15) is 5.54 Å². The van der Waals surface area contributed by atoms with Gasteiger partial charge >= 0.3 is 5.97 Å². The molecule has 0 heterocycles. The summed E-state index contributed by atoms with van der Waals surface area (Å²) in [5.41, 5.74) is 1.80. The van der Waals surface area contributed by atoms with E-state index in [1.54, 1.807) is 14.0 Å². The number of nitrogens with one attached hydrogen (secondary N) is 1. The highest BCUT2D eigenvalue weighted by atomic mass is 16.5. The Morgan fingerprint density at radius 2 is 2.11 bits per heavy atom. The number of hydrogen-bond acceptors (Lipinski definition) is 3. The number of aryl methyl sites for hydroxylation is 2. The van der Waals surface area contributed by atoms with Gasteiger partial charge in [-0.15, -0.1) is 0 Å². The van der Waals surface area contributed by atoms with Gasteiger partial charge in [0.25, 0.3) is 0 Å². The minimum atomic E-state index is -1.09. The molecule has 18 heavy (non-hydrogen) atoms. The van der Waals surface area contributed by atoms with Crippen LogP contribution in [0.5, 0.6) is 0 Å². The van der Waals surface area contributed by atoms with Gasteiger partial charge in [-0.2, -0.15) is 0 Å². The zero-order valence-electron chi connectivity index (χ0n) is 11.4. The summed E-state index contributed by atoms with van der Waals surface area (Å²) >= 11 is 0. The molecule has 2 N–H and O–H groups in total. The maximum Gasteiger partial charge on any atom is 0.328 e. The van der Waals surface area contributed by atoms with Crippen molar-refractivity contribution < 1.29 is 14.6 Å². The van der Waals surface area contributed by atoms with Crippen LogP contribution in [0.25, 0.3) is 0 Å². The van der Waals surface area contributed by atoms with Crippen LogP contribution in [-0.2, 0) is 15.1 Å². The standard InChI is InChI=1S/C14H21NO3/c1-10-5-6-12(11(2)9-10)14(3,13(16)17)15-7-8-18-4/h5-6,9,15H,7-8H2,1-4H3,(H,16,17). The summed E-state index contributed by atoms with van der Waals surface area (Å²) in [5.74, 6) is -0.884. The van der Waals surface area contributed by atoms with E-state index in [1.807, 2.05) is 32.0 Å². The predicted molar refractivity (Wildman–Crippen MR) is 70.8 cm³/mol. The number of hydrogen-bond donors (Lipinski definition) is 2. The van der Waals surface area contributed by atoms with Crippen LogP contribution in [-0.4, -0.2) is 31.3 Å². The highest BCUT2D eigenvalue weighted by Crippen LogP contribution is 2.25. The molecule has 0 aliphatic heterocycles. The van der Waals surface area contributed by atoms with Crippen LogP contribution in [0.15, 0.2) is 18.2 Å². The molecule has 1 rings (SSSR count).